The second-order valence-electron chi connectivity index (χ2n) is 14.0. The predicted octanol–water partition coefficient (Wildman–Crippen LogP) is 4.50. The zero-order chi connectivity index (χ0) is 38.3. The summed E-state index contributed by atoms with van der Waals surface area (Å²) in [5.41, 5.74) is 2.35. The lowest BCUT2D eigenvalue weighted by atomic mass is 9.99. The lowest BCUT2D eigenvalue weighted by Crippen LogP contribution is -2.57. The van der Waals surface area contributed by atoms with Crippen LogP contribution in [0.3, 0.4) is 0 Å². The van der Waals surface area contributed by atoms with Crippen molar-refractivity contribution in [3.8, 4) is 0 Å². The zero-order valence-electron chi connectivity index (χ0n) is 30.8. The van der Waals surface area contributed by atoms with Crippen LogP contribution in [0.25, 0.3) is 0 Å². The summed E-state index contributed by atoms with van der Waals surface area (Å²) in [6.07, 6.45) is 0.219. The van der Waals surface area contributed by atoms with Crippen molar-refractivity contribution in [3.63, 3.8) is 0 Å². The Hall–Kier alpha value is -5.52. The van der Waals surface area contributed by atoms with Gasteiger partial charge in [0.2, 0.25) is 17.6 Å². The van der Waals surface area contributed by atoms with E-state index in [1.807, 2.05) is 105 Å². The maximum atomic E-state index is 14.0. The molecule has 1 heterocycles. The molecule has 0 spiro atoms. The highest BCUT2D eigenvalue weighted by atomic mass is 16.5. The number of amides is 4. The summed E-state index contributed by atoms with van der Waals surface area (Å²) < 4.78 is 10.9. The topological polar surface area (TPSA) is 160 Å². The van der Waals surface area contributed by atoms with Gasteiger partial charge >= 0.3 is 12.1 Å². The molecule has 0 saturated carbocycles. The number of ether oxygens (including phenoxy) is 2. The van der Waals surface area contributed by atoms with Crippen molar-refractivity contribution < 1.29 is 38.2 Å². The van der Waals surface area contributed by atoms with Crippen LogP contribution < -0.4 is 16.0 Å². The molecular weight excluding hydrogens is 676 g/mol. The summed E-state index contributed by atoms with van der Waals surface area (Å²) >= 11 is 0. The number of nitrogens with zero attached hydrogens (tertiary/aromatic N) is 1. The van der Waals surface area contributed by atoms with Gasteiger partial charge in [0, 0.05) is 13.0 Å². The minimum absolute atomic E-state index is 0.00181. The largest absolute Gasteiger partial charge is 0.459 e. The van der Waals surface area contributed by atoms with Crippen LogP contribution in [-0.4, -0.2) is 71.2 Å². The Morgan fingerprint density at radius 2 is 1.25 bits per heavy atom. The van der Waals surface area contributed by atoms with Crippen molar-refractivity contribution in [2.75, 3.05) is 6.54 Å². The van der Waals surface area contributed by atoms with Gasteiger partial charge in [0.1, 0.15) is 37.4 Å². The highest BCUT2D eigenvalue weighted by Crippen LogP contribution is 2.21. The van der Waals surface area contributed by atoms with E-state index < -0.39 is 59.7 Å². The Morgan fingerprint density at radius 3 is 1.79 bits per heavy atom. The molecular formula is C41H50N4O8. The van der Waals surface area contributed by atoms with E-state index in [2.05, 4.69) is 16.0 Å². The van der Waals surface area contributed by atoms with Gasteiger partial charge in [0.25, 0.3) is 5.91 Å². The van der Waals surface area contributed by atoms with E-state index in [0.29, 0.717) is 6.42 Å². The third kappa shape index (κ3) is 12.3. The van der Waals surface area contributed by atoms with E-state index in [1.54, 1.807) is 13.8 Å². The molecule has 3 aromatic rings. The molecule has 0 radical (unpaired) electrons. The second kappa shape index (κ2) is 19.9. The zero-order valence-corrected chi connectivity index (χ0v) is 30.8. The highest BCUT2D eigenvalue weighted by molar-refractivity contribution is 6.39. The van der Waals surface area contributed by atoms with Crippen molar-refractivity contribution in [3.05, 3.63) is 108 Å². The van der Waals surface area contributed by atoms with Gasteiger partial charge < -0.3 is 30.3 Å². The maximum Gasteiger partial charge on any atom is 0.408 e. The predicted molar refractivity (Wildman–Crippen MR) is 198 cm³/mol. The number of benzene rings is 3. The summed E-state index contributed by atoms with van der Waals surface area (Å²) in [6, 6.07) is 23.1. The molecule has 0 aliphatic carbocycles. The van der Waals surface area contributed by atoms with E-state index in [9.17, 15) is 28.8 Å². The number of nitrogens with one attached hydrogen (secondary N) is 3. The molecule has 4 atom stereocenters. The van der Waals surface area contributed by atoms with Crippen molar-refractivity contribution in [2.24, 2.45) is 11.8 Å². The smallest absolute Gasteiger partial charge is 0.408 e. The summed E-state index contributed by atoms with van der Waals surface area (Å²) in [6.45, 7) is 7.50. The highest BCUT2D eigenvalue weighted by Gasteiger charge is 2.41. The maximum absolute atomic E-state index is 14.0. The van der Waals surface area contributed by atoms with Crippen LogP contribution in [0.2, 0.25) is 0 Å². The molecule has 1 fully saturated rings. The molecule has 0 bridgehead atoms. The fourth-order valence-corrected chi connectivity index (χ4v) is 6.11. The molecule has 282 valence electrons. The number of ketones is 1. The van der Waals surface area contributed by atoms with E-state index in [1.165, 1.54) is 4.90 Å². The number of hydrogen-bond donors (Lipinski definition) is 3. The van der Waals surface area contributed by atoms with Crippen molar-refractivity contribution in [2.45, 2.75) is 90.8 Å². The number of esters is 1. The first-order valence-corrected chi connectivity index (χ1v) is 18.1. The van der Waals surface area contributed by atoms with Crippen molar-refractivity contribution >= 4 is 35.6 Å². The number of rotatable bonds is 17. The Bertz CT molecular complexity index is 1680. The van der Waals surface area contributed by atoms with Gasteiger partial charge in [-0.25, -0.2) is 9.59 Å². The van der Waals surface area contributed by atoms with Crippen LogP contribution in [-0.2, 0) is 53.1 Å². The Balaban J connectivity index is 1.43. The van der Waals surface area contributed by atoms with Gasteiger partial charge in [-0.1, -0.05) is 119 Å². The van der Waals surface area contributed by atoms with Gasteiger partial charge in [0.05, 0.1) is 0 Å². The fourth-order valence-electron chi connectivity index (χ4n) is 6.11. The van der Waals surface area contributed by atoms with Gasteiger partial charge in [-0.3, -0.25) is 19.2 Å². The van der Waals surface area contributed by atoms with Crippen molar-refractivity contribution in [1.82, 2.24) is 20.9 Å². The second-order valence-corrected chi connectivity index (χ2v) is 14.0. The number of likely N-dealkylation sites (tertiary alicyclic amines) is 1. The fraction of sp³-hybridized carbons (Fsp3) is 0.415. The van der Waals surface area contributed by atoms with Crippen LogP contribution >= 0.6 is 0 Å². The monoisotopic (exact) mass is 726 g/mol. The van der Waals surface area contributed by atoms with Crippen LogP contribution in [0.5, 0.6) is 0 Å². The Labute approximate surface area is 311 Å². The molecule has 12 heteroatoms. The number of carbonyl (C=O) groups excluding carboxylic acids is 6. The minimum atomic E-state index is -1.13. The number of carbonyl (C=O) groups is 6. The Morgan fingerprint density at radius 1 is 0.698 bits per heavy atom. The standard InChI is InChI=1S/C41H50N4O8/c1-27(2)23-32(37(47)44-35(28(3)4)40(50)52-25-30-17-10-6-11-18-30)42-38(48)36(46)34-21-14-22-45(34)39(49)33(24-29-15-8-5-9-16-29)43-41(51)53-26-31-19-12-7-13-20-31/h5-13,15-20,27-28,32-35H,14,21-26H2,1-4H3,(H,42,48)(H,43,51)(H,44,47)/t32-,33+,34+,35+/m1/s1. The third-order valence-corrected chi connectivity index (χ3v) is 8.92. The molecule has 1 saturated heterocycles. The normalized spacial score (nSPS) is 15.6. The van der Waals surface area contributed by atoms with Gasteiger partial charge in [-0.05, 0) is 47.8 Å². The van der Waals surface area contributed by atoms with Gasteiger partial charge in [-0.15, -0.1) is 0 Å². The lowest BCUT2D eigenvalue weighted by molar-refractivity contribution is -0.151. The average Bonchev–Trinajstić information content (AvgIpc) is 3.65. The first-order chi connectivity index (χ1) is 25.4. The van der Waals surface area contributed by atoms with Gasteiger partial charge in [-0.2, -0.15) is 0 Å². The molecule has 0 unspecified atom stereocenters. The van der Waals surface area contributed by atoms with E-state index in [0.717, 1.165) is 16.7 Å². The number of Topliss-reactive ketones (excluding diaryl/α,β-unsaturated/α-hetero) is 1. The van der Waals surface area contributed by atoms with Crippen LogP contribution in [0.4, 0.5) is 4.79 Å². The molecule has 0 aromatic heterocycles. The van der Waals surface area contributed by atoms with Crippen molar-refractivity contribution in [1.29, 1.82) is 0 Å². The number of alkyl carbamates (subject to hydrolysis) is 1. The minimum Gasteiger partial charge on any atom is -0.459 e. The van der Waals surface area contributed by atoms with Gasteiger partial charge in [0.15, 0.2) is 0 Å². The summed E-state index contributed by atoms with van der Waals surface area (Å²) in [5.74, 6) is -4.05. The summed E-state index contributed by atoms with van der Waals surface area (Å²) in [5, 5.41) is 7.97. The van der Waals surface area contributed by atoms with Crippen LogP contribution in [0, 0.1) is 11.8 Å². The SMILES string of the molecule is CC(C)C[C@@H](NC(=O)C(=O)[C@@H]1CCCN1C(=O)[C@H](Cc1ccccc1)NC(=O)OCc1ccccc1)C(=O)N[C@H](C(=O)OCc1ccccc1)C(C)C. The number of hydrogen-bond acceptors (Lipinski definition) is 8. The average molecular weight is 727 g/mol. The van der Waals surface area contributed by atoms with E-state index >= 15 is 0 Å². The first-order valence-electron chi connectivity index (χ1n) is 18.1. The molecule has 1 aliphatic rings. The molecule has 1 aliphatic heterocycles. The van der Waals surface area contributed by atoms with Crippen LogP contribution in [0.15, 0.2) is 91.0 Å². The van der Waals surface area contributed by atoms with E-state index in [4.69, 9.17) is 9.47 Å². The Kier molecular flexibility index (Phi) is 15.1. The molecule has 4 amide bonds. The first kappa shape index (κ1) is 40.3. The molecule has 12 nitrogen and oxygen atoms in total. The summed E-state index contributed by atoms with van der Waals surface area (Å²) in [4.78, 5) is 82.1. The molecule has 3 aromatic carbocycles. The summed E-state index contributed by atoms with van der Waals surface area (Å²) in [7, 11) is 0. The third-order valence-electron chi connectivity index (χ3n) is 8.92. The lowest BCUT2D eigenvalue weighted by Gasteiger charge is -2.29. The van der Waals surface area contributed by atoms with E-state index in [-0.39, 0.29) is 50.9 Å². The van der Waals surface area contributed by atoms with Crippen LogP contribution in [0.1, 0.15) is 63.6 Å². The molecule has 53 heavy (non-hydrogen) atoms. The molecule has 4 rings (SSSR count). The molecule has 3 N–H and O–H groups in total. The quantitative estimate of drug-likeness (QED) is 0.136.